The van der Waals surface area contributed by atoms with Crippen LogP contribution < -0.4 is 0 Å². The Labute approximate surface area is 93.7 Å². The first kappa shape index (κ1) is 10.7. The lowest BCUT2D eigenvalue weighted by atomic mass is 10.1. The van der Waals surface area contributed by atoms with E-state index in [-0.39, 0.29) is 0 Å². The normalized spacial score (nSPS) is 38.5. The van der Waals surface area contributed by atoms with Crippen LogP contribution in [0.15, 0.2) is 48.6 Å². The summed E-state index contributed by atoms with van der Waals surface area (Å²) in [5.41, 5.74) is 0. The Balaban J connectivity index is 2.08. The Morgan fingerprint density at radius 3 is 1.60 bits per heavy atom. The topological polar surface area (TPSA) is 40.5 Å². The van der Waals surface area contributed by atoms with Crippen molar-refractivity contribution in [2.45, 2.75) is 22.7 Å². The summed E-state index contributed by atoms with van der Waals surface area (Å²) in [5, 5.41) is 20.4. The average Bonchev–Trinajstić information content (AvgIpc) is 2.18. The minimum atomic E-state index is -0.987. The molecule has 0 spiro atoms. The van der Waals surface area contributed by atoms with Crippen LogP contribution in [0.25, 0.3) is 0 Å². The van der Waals surface area contributed by atoms with E-state index in [1.54, 1.807) is 12.2 Å². The molecular formula is C12H14O2S. The summed E-state index contributed by atoms with van der Waals surface area (Å²) in [6.45, 7) is 0. The Morgan fingerprint density at radius 1 is 0.800 bits per heavy atom. The molecule has 2 N–H and O–H groups in total. The van der Waals surface area contributed by atoms with Crippen LogP contribution >= 0.6 is 11.8 Å². The minimum Gasteiger partial charge on any atom is -0.375 e. The van der Waals surface area contributed by atoms with E-state index in [1.807, 2.05) is 36.5 Å². The number of rotatable bonds is 2. The number of hydrogen-bond donors (Lipinski definition) is 2. The highest BCUT2D eigenvalue weighted by atomic mass is 32.2. The molecule has 2 nitrogen and oxygen atoms in total. The van der Waals surface area contributed by atoms with Gasteiger partial charge >= 0.3 is 0 Å². The van der Waals surface area contributed by atoms with Crippen LogP contribution in [-0.2, 0) is 0 Å². The lowest BCUT2D eigenvalue weighted by Crippen LogP contribution is -2.33. The third-order valence-electron chi connectivity index (χ3n) is 2.38. The molecule has 0 heterocycles. The molecule has 0 saturated heterocycles. The zero-order chi connectivity index (χ0) is 10.8. The van der Waals surface area contributed by atoms with Gasteiger partial charge in [-0.3, -0.25) is 0 Å². The second-order valence-corrected chi connectivity index (χ2v) is 5.39. The first-order valence-corrected chi connectivity index (χ1v) is 5.77. The second-order valence-electron chi connectivity index (χ2n) is 3.77. The van der Waals surface area contributed by atoms with E-state index in [0.717, 1.165) is 0 Å². The highest BCUT2D eigenvalue weighted by Gasteiger charge is 2.36. The summed E-state index contributed by atoms with van der Waals surface area (Å²) in [4.78, 5) is -1.97. The van der Waals surface area contributed by atoms with Crippen molar-refractivity contribution in [2.75, 3.05) is 0 Å². The van der Waals surface area contributed by atoms with Crippen LogP contribution in [-0.4, -0.2) is 20.1 Å². The van der Waals surface area contributed by atoms with Crippen molar-refractivity contribution < 1.29 is 10.2 Å². The largest absolute Gasteiger partial charge is 0.375 e. The summed E-state index contributed by atoms with van der Waals surface area (Å²) in [6, 6.07) is 0. The van der Waals surface area contributed by atoms with Gasteiger partial charge in [0.05, 0.1) is 0 Å². The zero-order valence-corrected chi connectivity index (χ0v) is 9.15. The van der Waals surface area contributed by atoms with Gasteiger partial charge in [-0.15, -0.1) is 0 Å². The van der Waals surface area contributed by atoms with E-state index in [0.29, 0.717) is 12.8 Å². The van der Waals surface area contributed by atoms with Gasteiger partial charge in [-0.25, -0.2) is 0 Å². The average molecular weight is 222 g/mol. The third kappa shape index (κ3) is 2.62. The molecule has 0 aromatic heterocycles. The molecule has 0 aromatic rings. The Hall–Kier alpha value is -0.770. The van der Waals surface area contributed by atoms with Crippen molar-refractivity contribution in [1.82, 2.24) is 0 Å². The van der Waals surface area contributed by atoms with E-state index < -0.39 is 9.87 Å². The van der Waals surface area contributed by atoms with Gasteiger partial charge in [0, 0.05) is 12.8 Å². The first-order valence-electron chi connectivity index (χ1n) is 4.96. The third-order valence-corrected chi connectivity index (χ3v) is 3.69. The first-order chi connectivity index (χ1) is 7.12. The predicted octanol–water partition coefficient (Wildman–Crippen LogP) is 2.13. The fraction of sp³-hybridized carbons (Fsp3) is 0.333. The summed E-state index contributed by atoms with van der Waals surface area (Å²) >= 11 is 1.18. The highest BCUT2D eigenvalue weighted by molar-refractivity contribution is 8.01. The number of aliphatic hydroxyl groups is 2. The van der Waals surface area contributed by atoms with Crippen LogP contribution in [0.3, 0.4) is 0 Å². The minimum absolute atomic E-state index is 0.536. The van der Waals surface area contributed by atoms with E-state index in [9.17, 15) is 10.2 Å². The predicted molar refractivity (Wildman–Crippen MR) is 63.3 cm³/mol. The van der Waals surface area contributed by atoms with Crippen molar-refractivity contribution >= 4 is 11.8 Å². The summed E-state index contributed by atoms with van der Waals surface area (Å²) in [6.07, 6.45) is 15.7. The summed E-state index contributed by atoms with van der Waals surface area (Å²) < 4.78 is 0. The molecule has 2 unspecified atom stereocenters. The zero-order valence-electron chi connectivity index (χ0n) is 8.34. The summed E-state index contributed by atoms with van der Waals surface area (Å²) in [7, 11) is 0. The van der Waals surface area contributed by atoms with Crippen molar-refractivity contribution in [2.24, 2.45) is 0 Å². The molecule has 2 rings (SSSR count). The van der Waals surface area contributed by atoms with Crippen LogP contribution in [0.4, 0.5) is 0 Å². The van der Waals surface area contributed by atoms with Gasteiger partial charge < -0.3 is 10.2 Å². The van der Waals surface area contributed by atoms with E-state index in [1.165, 1.54) is 11.8 Å². The van der Waals surface area contributed by atoms with Gasteiger partial charge in [-0.05, 0) is 12.2 Å². The fourth-order valence-corrected chi connectivity index (χ4v) is 2.90. The summed E-state index contributed by atoms with van der Waals surface area (Å²) in [5.74, 6) is 0. The molecule has 0 fully saturated rings. The van der Waals surface area contributed by atoms with E-state index >= 15 is 0 Å². The quantitative estimate of drug-likeness (QED) is 0.703. The lowest BCUT2D eigenvalue weighted by molar-refractivity contribution is 0.157. The molecule has 2 aliphatic rings. The molecule has 0 aromatic carbocycles. The Bertz CT molecular complexity index is 323. The van der Waals surface area contributed by atoms with Gasteiger partial charge in [0.25, 0.3) is 0 Å². The van der Waals surface area contributed by atoms with Crippen LogP contribution in [0.2, 0.25) is 0 Å². The highest BCUT2D eigenvalue weighted by Crippen LogP contribution is 2.42. The molecular weight excluding hydrogens is 208 g/mol. The van der Waals surface area contributed by atoms with Gasteiger partial charge in [-0.2, -0.15) is 0 Å². The molecule has 0 bridgehead atoms. The molecule has 0 saturated carbocycles. The van der Waals surface area contributed by atoms with Gasteiger partial charge in [-0.1, -0.05) is 48.2 Å². The molecule has 0 radical (unpaired) electrons. The maximum absolute atomic E-state index is 10.2. The van der Waals surface area contributed by atoms with Crippen LogP contribution in [0, 0.1) is 0 Å². The molecule has 3 heteroatoms. The Morgan fingerprint density at radius 2 is 1.27 bits per heavy atom. The fourth-order valence-electron chi connectivity index (χ4n) is 1.64. The van der Waals surface area contributed by atoms with Gasteiger partial charge in [0.15, 0.2) is 0 Å². The molecule has 0 amide bonds. The molecule has 15 heavy (non-hydrogen) atoms. The van der Waals surface area contributed by atoms with Crippen LogP contribution in [0.1, 0.15) is 12.8 Å². The smallest absolute Gasteiger partial charge is 0.135 e. The van der Waals surface area contributed by atoms with E-state index in [2.05, 4.69) is 0 Å². The Kier molecular flexibility index (Phi) is 2.87. The van der Waals surface area contributed by atoms with Gasteiger partial charge in [0.2, 0.25) is 0 Å². The number of thioether (sulfide) groups is 1. The van der Waals surface area contributed by atoms with Crippen molar-refractivity contribution in [3.63, 3.8) is 0 Å². The number of hydrogen-bond acceptors (Lipinski definition) is 3. The number of allylic oxidation sites excluding steroid dienone is 4. The van der Waals surface area contributed by atoms with Gasteiger partial charge in [0.1, 0.15) is 9.87 Å². The maximum Gasteiger partial charge on any atom is 0.135 e. The SMILES string of the molecule is OC1(SC2(O)C=CC=CC2)C=CC=CC1. The molecule has 0 aliphatic heterocycles. The second kappa shape index (κ2) is 4.00. The van der Waals surface area contributed by atoms with Crippen molar-refractivity contribution in [3.05, 3.63) is 48.6 Å². The molecule has 80 valence electrons. The van der Waals surface area contributed by atoms with Crippen molar-refractivity contribution in [1.29, 1.82) is 0 Å². The maximum atomic E-state index is 10.2. The molecule has 2 atom stereocenters. The van der Waals surface area contributed by atoms with E-state index in [4.69, 9.17) is 0 Å². The monoisotopic (exact) mass is 222 g/mol. The lowest BCUT2D eigenvalue weighted by Gasteiger charge is -2.33. The van der Waals surface area contributed by atoms with Crippen molar-refractivity contribution in [3.8, 4) is 0 Å². The molecule has 2 aliphatic carbocycles. The standard InChI is InChI=1S/C12H14O2S/c13-11(7-3-1-4-8-11)15-12(14)9-5-2-6-10-12/h1-7,9,13-14H,8,10H2. The van der Waals surface area contributed by atoms with Crippen LogP contribution in [0.5, 0.6) is 0 Å².